The van der Waals surface area contributed by atoms with Crippen molar-refractivity contribution >= 4 is 22.5 Å². The average molecular weight is 319 g/mol. The maximum Gasteiger partial charge on any atom is 0.255 e. The number of aryl methyl sites for hydroxylation is 1. The van der Waals surface area contributed by atoms with Gasteiger partial charge >= 0.3 is 0 Å². The van der Waals surface area contributed by atoms with Gasteiger partial charge in [-0.2, -0.15) is 0 Å². The molecule has 5 nitrogen and oxygen atoms in total. The molecule has 2 heterocycles. The lowest BCUT2D eigenvalue weighted by molar-refractivity contribution is 0.0935. The number of nitrogens with one attached hydrogen (secondary N) is 3. The molecule has 2 aromatic carbocycles. The Balaban J connectivity index is 1.80. The summed E-state index contributed by atoms with van der Waals surface area (Å²) in [6.45, 7) is 2.09. The Morgan fingerprint density at radius 1 is 1.00 bits per heavy atom. The summed E-state index contributed by atoms with van der Waals surface area (Å²) in [4.78, 5) is 27.6. The average Bonchev–Trinajstić information content (AvgIpc) is 2.60. The first-order chi connectivity index (χ1) is 11.7. The second kappa shape index (κ2) is 5.53. The molecule has 3 aromatic rings. The molecule has 24 heavy (non-hydrogen) atoms. The number of aromatic nitrogens is 1. The van der Waals surface area contributed by atoms with Crippen molar-refractivity contribution in [2.24, 2.45) is 0 Å². The van der Waals surface area contributed by atoms with Crippen molar-refractivity contribution in [3.63, 3.8) is 0 Å². The van der Waals surface area contributed by atoms with Crippen molar-refractivity contribution in [2.45, 2.75) is 19.5 Å². The fourth-order valence-corrected chi connectivity index (χ4v) is 3.07. The Bertz CT molecular complexity index is 1010. The van der Waals surface area contributed by atoms with E-state index in [-0.39, 0.29) is 11.5 Å². The lowest BCUT2D eigenvalue weighted by Gasteiger charge is -2.27. The Labute approximate surface area is 138 Å². The number of fused-ring (bicyclic) bond motifs is 2. The van der Waals surface area contributed by atoms with Gasteiger partial charge in [-0.25, -0.2) is 0 Å². The van der Waals surface area contributed by atoms with Gasteiger partial charge in [-0.3, -0.25) is 9.59 Å². The van der Waals surface area contributed by atoms with Crippen LogP contribution >= 0.6 is 0 Å². The molecule has 5 heteroatoms. The highest BCUT2D eigenvalue weighted by Gasteiger charge is 2.26. The van der Waals surface area contributed by atoms with Gasteiger partial charge in [-0.1, -0.05) is 25.1 Å². The number of benzene rings is 2. The number of aromatic amines is 1. The number of amides is 1. The number of hydrogen-bond donors (Lipinski definition) is 3. The summed E-state index contributed by atoms with van der Waals surface area (Å²) in [5.41, 5.74) is 3.60. The van der Waals surface area contributed by atoms with Crippen molar-refractivity contribution in [3.8, 4) is 0 Å². The third kappa shape index (κ3) is 2.34. The van der Waals surface area contributed by atoms with E-state index in [9.17, 15) is 9.59 Å². The van der Waals surface area contributed by atoms with Crippen molar-refractivity contribution < 1.29 is 4.79 Å². The monoisotopic (exact) mass is 319 g/mol. The highest BCUT2D eigenvalue weighted by molar-refractivity contribution is 6.01. The standard InChI is InChI=1S/C19H17N3O2/c1-2-11-7-8-15-12(9-11)10-14(19(24)21-15)17-20-16-6-4-3-5-13(16)18(23)22-17/h3-10,17,20H,2H2,1H3,(H,21,24)(H,22,23). The minimum atomic E-state index is -0.550. The molecular weight excluding hydrogens is 302 g/mol. The predicted molar refractivity (Wildman–Crippen MR) is 94.2 cm³/mol. The molecule has 1 aromatic heterocycles. The molecule has 1 aliphatic heterocycles. The number of anilines is 1. The maximum absolute atomic E-state index is 12.5. The summed E-state index contributed by atoms with van der Waals surface area (Å²) in [5, 5.41) is 7.04. The van der Waals surface area contributed by atoms with E-state index in [2.05, 4.69) is 28.6 Å². The molecule has 0 fully saturated rings. The summed E-state index contributed by atoms with van der Waals surface area (Å²) in [5.74, 6) is -0.184. The van der Waals surface area contributed by atoms with E-state index in [0.717, 1.165) is 23.0 Å². The van der Waals surface area contributed by atoms with Gasteiger partial charge in [0.2, 0.25) is 0 Å². The van der Waals surface area contributed by atoms with E-state index >= 15 is 0 Å². The second-order valence-corrected chi connectivity index (χ2v) is 5.93. The number of carbonyl (C=O) groups is 1. The predicted octanol–water partition coefficient (Wildman–Crippen LogP) is 2.94. The maximum atomic E-state index is 12.5. The first-order valence-corrected chi connectivity index (χ1v) is 7.98. The van der Waals surface area contributed by atoms with Crippen molar-refractivity contribution in [2.75, 3.05) is 5.32 Å². The van der Waals surface area contributed by atoms with Crippen molar-refractivity contribution in [1.82, 2.24) is 10.3 Å². The molecule has 0 saturated heterocycles. The molecule has 0 radical (unpaired) electrons. The van der Waals surface area contributed by atoms with Gasteiger partial charge in [-0.05, 0) is 47.7 Å². The van der Waals surface area contributed by atoms with E-state index in [1.807, 2.05) is 36.4 Å². The van der Waals surface area contributed by atoms with E-state index in [0.29, 0.717) is 11.1 Å². The number of pyridine rings is 1. The largest absolute Gasteiger partial charge is 0.361 e. The molecule has 4 rings (SSSR count). The zero-order chi connectivity index (χ0) is 16.7. The van der Waals surface area contributed by atoms with Crippen LogP contribution in [0.2, 0.25) is 0 Å². The third-order valence-electron chi connectivity index (χ3n) is 4.40. The lowest BCUT2D eigenvalue weighted by atomic mass is 10.0. The number of rotatable bonds is 2. The van der Waals surface area contributed by atoms with E-state index in [1.54, 1.807) is 6.07 Å². The first kappa shape index (κ1) is 14.5. The van der Waals surface area contributed by atoms with Gasteiger partial charge in [0.15, 0.2) is 0 Å². The molecule has 1 unspecified atom stereocenters. The zero-order valence-corrected chi connectivity index (χ0v) is 13.2. The van der Waals surface area contributed by atoms with Crippen LogP contribution in [0, 0.1) is 0 Å². The SMILES string of the molecule is CCc1ccc2[nH]c(=O)c(C3NC(=O)c4ccccc4N3)cc2c1. The summed E-state index contributed by atoms with van der Waals surface area (Å²) in [7, 11) is 0. The minimum absolute atomic E-state index is 0.184. The van der Waals surface area contributed by atoms with E-state index < -0.39 is 6.17 Å². The Hall–Kier alpha value is -3.08. The minimum Gasteiger partial charge on any atom is -0.361 e. The Morgan fingerprint density at radius 2 is 1.83 bits per heavy atom. The quantitative estimate of drug-likeness (QED) is 0.680. The van der Waals surface area contributed by atoms with Crippen LogP contribution in [-0.2, 0) is 6.42 Å². The molecule has 1 aliphatic rings. The van der Waals surface area contributed by atoms with Crippen LogP contribution < -0.4 is 16.2 Å². The lowest BCUT2D eigenvalue weighted by Crippen LogP contribution is -2.40. The molecule has 0 bridgehead atoms. The van der Waals surface area contributed by atoms with Crippen LogP contribution in [0.25, 0.3) is 10.9 Å². The molecular formula is C19H17N3O2. The normalized spacial score (nSPS) is 16.4. The van der Waals surface area contributed by atoms with Crippen molar-refractivity contribution in [1.29, 1.82) is 0 Å². The molecule has 120 valence electrons. The first-order valence-electron chi connectivity index (χ1n) is 7.98. The number of carbonyl (C=O) groups excluding carboxylic acids is 1. The van der Waals surface area contributed by atoms with Gasteiger partial charge in [-0.15, -0.1) is 0 Å². The molecule has 0 spiro atoms. The zero-order valence-electron chi connectivity index (χ0n) is 13.2. The molecule has 1 atom stereocenters. The highest BCUT2D eigenvalue weighted by atomic mass is 16.2. The fourth-order valence-electron chi connectivity index (χ4n) is 3.07. The molecule has 0 saturated carbocycles. The molecule has 0 aliphatic carbocycles. The molecule has 1 amide bonds. The smallest absolute Gasteiger partial charge is 0.255 e. The van der Waals surface area contributed by atoms with Gasteiger partial charge in [0.1, 0.15) is 6.17 Å². The Morgan fingerprint density at radius 3 is 2.67 bits per heavy atom. The van der Waals surface area contributed by atoms with Gasteiger partial charge in [0.05, 0.1) is 11.1 Å². The molecule has 3 N–H and O–H groups in total. The van der Waals surface area contributed by atoms with Crippen LogP contribution in [0.1, 0.15) is 34.6 Å². The number of para-hydroxylation sites is 1. The highest BCUT2D eigenvalue weighted by Crippen LogP contribution is 2.26. The summed E-state index contributed by atoms with van der Waals surface area (Å²) < 4.78 is 0. The van der Waals surface area contributed by atoms with E-state index in [4.69, 9.17) is 0 Å². The van der Waals surface area contributed by atoms with Crippen LogP contribution in [0.3, 0.4) is 0 Å². The second-order valence-electron chi connectivity index (χ2n) is 5.93. The summed E-state index contributed by atoms with van der Waals surface area (Å²) in [6, 6.07) is 15.1. The summed E-state index contributed by atoms with van der Waals surface area (Å²) >= 11 is 0. The van der Waals surface area contributed by atoms with E-state index in [1.165, 1.54) is 5.56 Å². The van der Waals surface area contributed by atoms with Crippen LogP contribution in [0.4, 0.5) is 5.69 Å². The third-order valence-corrected chi connectivity index (χ3v) is 4.40. The van der Waals surface area contributed by atoms with Crippen LogP contribution in [-0.4, -0.2) is 10.9 Å². The fraction of sp³-hybridized carbons (Fsp3) is 0.158. The number of hydrogen-bond acceptors (Lipinski definition) is 3. The number of H-pyrrole nitrogens is 1. The summed E-state index contributed by atoms with van der Waals surface area (Å²) in [6.07, 6.45) is 0.377. The van der Waals surface area contributed by atoms with Crippen LogP contribution in [0.5, 0.6) is 0 Å². The van der Waals surface area contributed by atoms with Crippen molar-refractivity contribution in [3.05, 3.63) is 75.6 Å². The Kier molecular flexibility index (Phi) is 3.34. The van der Waals surface area contributed by atoms with Gasteiger partial charge < -0.3 is 15.6 Å². The van der Waals surface area contributed by atoms with Gasteiger partial charge in [0, 0.05) is 11.2 Å². The van der Waals surface area contributed by atoms with Gasteiger partial charge in [0.25, 0.3) is 11.5 Å². The topological polar surface area (TPSA) is 74.0 Å². The van der Waals surface area contributed by atoms with Crippen LogP contribution in [0.15, 0.2) is 53.3 Å².